The quantitative estimate of drug-likeness (QED) is 0.802. The van der Waals surface area contributed by atoms with Crippen molar-refractivity contribution in [1.29, 1.82) is 0 Å². The highest BCUT2D eigenvalue weighted by atomic mass is 32.2. The average Bonchev–Trinajstić information content (AvgIpc) is 2.54. The summed E-state index contributed by atoms with van der Waals surface area (Å²) in [6.45, 7) is 6.10. The summed E-state index contributed by atoms with van der Waals surface area (Å²) in [5.74, 6) is -0.114. The molecule has 5 nitrogen and oxygen atoms in total. The van der Waals surface area contributed by atoms with Gasteiger partial charge in [-0.3, -0.25) is 9.10 Å². The molecule has 1 amide bonds. The van der Waals surface area contributed by atoms with Gasteiger partial charge in [-0.25, -0.2) is 8.42 Å². The summed E-state index contributed by atoms with van der Waals surface area (Å²) in [5, 5.41) is 2.91. The second-order valence-electron chi connectivity index (χ2n) is 6.64. The molecule has 26 heavy (non-hydrogen) atoms. The molecule has 0 bridgehead atoms. The smallest absolute Gasteiger partial charge is 0.232 e. The number of rotatable bonds is 7. The van der Waals surface area contributed by atoms with Crippen molar-refractivity contribution in [3.05, 3.63) is 59.2 Å². The largest absolute Gasteiger partial charge is 0.326 e. The van der Waals surface area contributed by atoms with Gasteiger partial charge < -0.3 is 5.32 Å². The Bertz CT molecular complexity index is 892. The van der Waals surface area contributed by atoms with E-state index in [4.69, 9.17) is 0 Å². The second-order valence-corrected chi connectivity index (χ2v) is 8.55. The fraction of sp³-hybridized carbons (Fsp3) is 0.350. The summed E-state index contributed by atoms with van der Waals surface area (Å²) in [6.07, 6.45) is 1.88. The molecule has 0 aliphatic rings. The van der Waals surface area contributed by atoms with Gasteiger partial charge in [0.2, 0.25) is 15.9 Å². The van der Waals surface area contributed by atoms with Crippen molar-refractivity contribution in [2.24, 2.45) is 0 Å². The lowest BCUT2D eigenvalue weighted by Crippen LogP contribution is -2.31. The van der Waals surface area contributed by atoms with Crippen molar-refractivity contribution in [1.82, 2.24) is 0 Å². The lowest BCUT2D eigenvalue weighted by molar-refractivity contribution is -0.116. The zero-order chi connectivity index (χ0) is 19.3. The Labute approximate surface area is 156 Å². The van der Waals surface area contributed by atoms with Gasteiger partial charge in [0, 0.05) is 18.7 Å². The maximum Gasteiger partial charge on any atom is 0.232 e. The minimum Gasteiger partial charge on any atom is -0.326 e. The standard InChI is InChI=1S/C20H26N2O3S/c1-15-7-5-8-18(13-15)22(26(4,24)25)12-6-9-20(23)21-19-14-16(2)10-11-17(19)3/h5,7-8,10-11,13-14H,6,9,12H2,1-4H3,(H,21,23). The third-order valence-electron chi connectivity index (χ3n) is 4.12. The van der Waals surface area contributed by atoms with Gasteiger partial charge in [0.25, 0.3) is 0 Å². The number of benzene rings is 2. The minimum absolute atomic E-state index is 0.114. The van der Waals surface area contributed by atoms with Crippen LogP contribution in [-0.2, 0) is 14.8 Å². The van der Waals surface area contributed by atoms with Crippen LogP contribution in [0.4, 0.5) is 11.4 Å². The molecule has 0 heterocycles. The highest BCUT2D eigenvalue weighted by Crippen LogP contribution is 2.20. The second kappa shape index (κ2) is 8.36. The van der Waals surface area contributed by atoms with E-state index in [1.807, 2.05) is 57.2 Å². The monoisotopic (exact) mass is 374 g/mol. The molecule has 0 unspecified atom stereocenters. The van der Waals surface area contributed by atoms with E-state index in [2.05, 4.69) is 5.32 Å². The van der Waals surface area contributed by atoms with Gasteiger partial charge in [-0.05, 0) is 62.1 Å². The van der Waals surface area contributed by atoms with E-state index < -0.39 is 10.0 Å². The van der Waals surface area contributed by atoms with E-state index in [1.54, 1.807) is 6.07 Å². The molecule has 0 saturated heterocycles. The Morgan fingerprint density at radius 2 is 1.73 bits per heavy atom. The van der Waals surface area contributed by atoms with Crippen LogP contribution in [0.3, 0.4) is 0 Å². The van der Waals surface area contributed by atoms with E-state index in [1.165, 1.54) is 10.6 Å². The van der Waals surface area contributed by atoms with Gasteiger partial charge in [0.15, 0.2) is 0 Å². The predicted octanol–water partition coefficient (Wildman–Crippen LogP) is 3.80. The molecule has 0 aliphatic heterocycles. The summed E-state index contributed by atoms with van der Waals surface area (Å²) < 4.78 is 25.6. The van der Waals surface area contributed by atoms with E-state index in [9.17, 15) is 13.2 Å². The van der Waals surface area contributed by atoms with Crippen LogP contribution in [-0.4, -0.2) is 27.1 Å². The number of aryl methyl sites for hydroxylation is 3. The molecule has 2 aromatic rings. The molecule has 0 aliphatic carbocycles. The number of carbonyl (C=O) groups excluding carboxylic acids is 1. The van der Waals surface area contributed by atoms with Gasteiger partial charge in [-0.15, -0.1) is 0 Å². The van der Waals surface area contributed by atoms with Gasteiger partial charge in [-0.1, -0.05) is 24.3 Å². The highest BCUT2D eigenvalue weighted by Gasteiger charge is 2.17. The lowest BCUT2D eigenvalue weighted by atomic mass is 10.1. The van der Waals surface area contributed by atoms with Gasteiger partial charge in [-0.2, -0.15) is 0 Å². The molecule has 2 rings (SSSR count). The van der Waals surface area contributed by atoms with Crippen LogP contribution in [0.1, 0.15) is 29.5 Å². The maximum atomic E-state index is 12.2. The Balaban J connectivity index is 1.99. The molecular formula is C20H26N2O3S. The number of hydrogen-bond acceptors (Lipinski definition) is 3. The first-order chi connectivity index (χ1) is 12.2. The maximum absolute atomic E-state index is 12.2. The molecule has 0 spiro atoms. The first kappa shape index (κ1) is 20.0. The topological polar surface area (TPSA) is 66.5 Å². The fourth-order valence-electron chi connectivity index (χ4n) is 2.74. The number of carbonyl (C=O) groups is 1. The van der Waals surface area contributed by atoms with E-state index in [-0.39, 0.29) is 18.9 Å². The van der Waals surface area contributed by atoms with Crippen molar-refractivity contribution in [2.45, 2.75) is 33.6 Å². The Hall–Kier alpha value is -2.34. The van der Waals surface area contributed by atoms with Crippen molar-refractivity contribution < 1.29 is 13.2 Å². The predicted molar refractivity (Wildman–Crippen MR) is 107 cm³/mol. The number of anilines is 2. The van der Waals surface area contributed by atoms with Crippen LogP contribution in [0.15, 0.2) is 42.5 Å². The van der Waals surface area contributed by atoms with E-state index in [0.717, 1.165) is 22.4 Å². The lowest BCUT2D eigenvalue weighted by Gasteiger charge is -2.22. The average molecular weight is 375 g/mol. The molecule has 2 aromatic carbocycles. The number of nitrogens with zero attached hydrogens (tertiary/aromatic N) is 1. The molecular weight excluding hydrogens is 348 g/mol. The van der Waals surface area contributed by atoms with Gasteiger partial charge in [0.05, 0.1) is 11.9 Å². The highest BCUT2D eigenvalue weighted by molar-refractivity contribution is 7.92. The SMILES string of the molecule is Cc1cccc(N(CCCC(=O)Nc2cc(C)ccc2C)S(C)(=O)=O)c1. The molecule has 0 atom stereocenters. The Morgan fingerprint density at radius 1 is 1.04 bits per heavy atom. The summed E-state index contributed by atoms with van der Waals surface area (Å²) >= 11 is 0. The molecule has 0 fully saturated rings. The molecule has 0 radical (unpaired) electrons. The fourth-order valence-corrected chi connectivity index (χ4v) is 3.69. The van der Waals surface area contributed by atoms with Crippen molar-refractivity contribution in [2.75, 3.05) is 22.4 Å². The zero-order valence-corrected chi connectivity index (χ0v) is 16.6. The Morgan fingerprint density at radius 3 is 2.38 bits per heavy atom. The number of hydrogen-bond donors (Lipinski definition) is 1. The van der Waals surface area contributed by atoms with Gasteiger partial charge >= 0.3 is 0 Å². The van der Waals surface area contributed by atoms with Gasteiger partial charge in [0.1, 0.15) is 0 Å². The number of nitrogens with one attached hydrogen (secondary N) is 1. The molecule has 0 saturated carbocycles. The third-order valence-corrected chi connectivity index (χ3v) is 5.32. The van der Waals surface area contributed by atoms with Crippen LogP contribution in [0.25, 0.3) is 0 Å². The van der Waals surface area contributed by atoms with Crippen LogP contribution >= 0.6 is 0 Å². The van der Waals surface area contributed by atoms with Crippen LogP contribution < -0.4 is 9.62 Å². The first-order valence-corrected chi connectivity index (χ1v) is 10.4. The Kier molecular flexibility index (Phi) is 6.42. The summed E-state index contributed by atoms with van der Waals surface area (Å²) in [7, 11) is -3.40. The summed E-state index contributed by atoms with van der Waals surface area (Å²) in [6, 6.07) is 13.2. The van der Waals surface area contributed by atoms with E-state index >= 15 is 0 Å². The first-order valence-electron chi connectivity index (χ1n) is 8.58. The van der Waals surface area contributed by atoms with Crippen LogP contribution in [0.5, 0.6) is 0 Å². The summed E-state index contributed by atoms with van der Waals surface area (Å²) in [5.41, 5.74) is 4.50. The van der Waals surface area contributed by atoms with Crippen molar-refractivity contribution in [3.63, 3.8) is 0 Å². The minimum atomic E-state index is -3.40. The van der Waals surface area contributed by atoms with Crippen LogP contribution in [0.2, 0.25) is 0 Å². The molecule has 1 N–H and O–H groups in total. The van der Waals surface area contributed by atoms with E-state index in [0.29, 0.717) is 12.1 Å². The van der Waals surface area contributed by atoms with Crippen LogP contribution in [0, 0.1) is 20.8 Å². The molecule has 140 valence electrons. The third kappa shape index (κ3) is 5.59. The molecule has 6 heteroatoms. The molecule has 0 aromatic heterocycles. The zero-order valence-electron chi connectivity index (χ0n) is 15.7. The summed E-state index contributed by atoms with van der Waals surface area (Å²) in [4.78, 5) is 12.2. The van der Waals surface area contributed by atoms with Crippen molar-refractivity contribution >= 4 is 27.3 Å². The van der Waals surface area contributed by atoms with Crippen molar-refractivity contribution in [3.8, 4) is 0 Å². The number of sulfonamides is 1. The normalized spacial score (nSPS) is 11.2. The number of amides is 1.